The number of hydrogen-bond donors (Lipinski definition) is 3. The number of hydrogen-bond acceptors (Lipinski definition) is 4. The van der Waals surface area contributed by atoms with Gasteiger partial charge in [-0.1, -0.05) is 30.3 Å². The van der Waals surface area contributed by atoms with Crippen molar-refractivity contribution in [2.75, 3.05) is 0 Å². The quantitative estimate of drug-likeness (QED) is 0.627. The summed E-state index contributed by atoms with van der Waals surface area (Å²) in [5, 5.41) is 1.68. The lowest BCUT2D eigenvalue weighted by Gasteiger charge is -2.24. The summed E-state index contributed by atoms with van der Waals surface area (Å²) in [6, 6.07) is 5.59. The van der Waals surface area contributed by atoms with Crippen LogP contribution in [0.15, 0.2) is 30.3 Å². The summed E-state index contributed by atoms with van der Waals surface area (Å²) in [6.07, 6.45) is 1.10. The third-order valence-electron chi connectivity index (χ3n) is 2.01. The van der Waals surface area contributed by atoms with E-state index in [1.807, 2.05) is 0 Å². The minimum Gasteiger partial charge on any atom is -0.352 e. The molecule has 0 aliphatic heterocycles. The molecule has 0 fully saturated rings. The monoisotopic (exact) mass is 257 g/mol. The maximum atomic E-state index is 11.2. The summed E-state index contributed by atoms with van der Waals surface area (Å²) >= 11 is 0. The van der Waals surface area contributed by atoms with Crippen LogP contribution in [0.5, 0.6) is 0 Å². The third-order valence-corrected chi connectivity index (χ3v) is 3.21. The highest BCUT2D eigenvalue weighted by Crippen LogP contribution is 2.24. The zero-order chi connectivity index (χ0) is 13.1. The fourth-order valence-electron chi connectivity index (χ4n) is 1.27. The van der Waals surface area contributed by atoms with Crippen LogP contribution in [-0.4, -0.2) is 25.3 Å². The zero-order valence-corrected chi connectivity index (χ0v) is 9.27. The Labute approximate surface area is 97.4 Å². The van der Waals surface area contributed by atoms with Gasteiger partial charge in [-0.3, -0.25) is 9.35 Å². The van der Waals surface area contributed by atoms with Gasteiger partial charge in [-0.05, 0) is 0 Å². The Bertz CT molecular complexity index is 528. The number of amides is 2. The van der Waals surface area contributed by atoms with Crippen LogP contribution in [0.3, 0.4) is 0 Å². The van der Waals surface area contributed by atoms with E-state index in [-0.39, 0.29) is 5.56 Å². The highest BCUT2D eigenvalue weighted by molar-refractivity contribution is 7.87. The van der Waals surface area contributed by atoms with Gasteiger partial charge in [0.1, 0.15) is 0 Å². The Morgan fingerprint density at radius 3 is 2.24 bits per heavy atom. The summed E-state index contributed by atoms with van der Waals surface area (Å²) in [4.78, 5) is 18.9. The lowest BCUT2D eigenvalue weighted by molar-refractivity contribution is 0.244. The van der Waals surface area contributed by atoms with Gasteiger partial charge in [-0.25, -0.2) is 4.79 Å². The van der Waals surface area contributed by atoms with Gasteiger partial charge in [-0.15, -0.1) is 0 Å². The van der Waals surface area contributed by atoms with E-state index >= 15 is 0 Å². The number of carbonyl (C=O) groups is 1. The normalized spacial score (nSPS) is 14.6. The van der Waals surface area contributed by atoms with Gasteiger partial charge in [-0.2, -0.15) is 8.42 Å². The molecule has 4 N–H and O–H groups in total. The summed E-state index contributed by atoms with van der Waals surface area (Å²) in [5.74, 6) is 0. The number of urea groups is 1. The first-order valence-electron chi connectivity index (χ1n) is 4.33. The van der Waals surface area contributed by atoms with E-state index < -0.39 is 21.0 Å². The summed E-state index contributed by atoms with van der Waals surface area (Å²) in [7, 11) is -4.96. The Morgan fingerprint density at radius 1 is 1.35 bits per heavy atom. The summed E-state index contributed by atoms with van der Waals surface area (Å²) in [6.45, 7) is 0. The molecular weight excluding hydrogens is 248 g/mol. The van der Waals surface area contributed by atoms with Crippen LogP contribution in [-0.2, 0) is 19.8 Å². The van der Waals surface area contributed by atoms with Crippen molar-refractivity contribution < 1.29 is 22.6 Å². The van der Waals surface area contributed by atoms with E-state index in [0.29, 0.717) is 0 Å². The average Bonchev–Trinajstić information content (AvgIpc) is 2.25. The van der Waals surface area contributed by atoms with Crippen LogP contribution >= 0.6 is 0 Å². The highest BCUT2D eigenvalue weighted by atomic mass is 32.2. The van der Waals surface area contributed by atoms with Gasteiger partial charge in [0.05, 0.1) is 0 Å². The average molecular weight is 257 g/mol. The molecule has 1 aromatic rings. The standard InChI is InChI=1S/C9H9N2O5S/c10-8(13)11-9(6-12,17(14,15)16)7-4-2-1-3-5-7/h1-5H,(H3,10,11,13)(H,14,15,16). The second kappa shape index (κ2) is 4.52. The van der Waals surface area contributed by atoms with Crippen LogP contribution in [0, 0.1) is 0 Å². The molecule has 0 aliphatic carbocycles. The SMILES string of the molecule is NC(=O)NC([C]=O)(c1ccccc1)S(=O)(=O)O. The van der Waals surface area contributed by atoms with Gasteiger partial charge in [0.25, 0.3) is 11.2 Å². The predicted molar refractivity (Wildman–Crippen MR) is 58.1 cm³/mol. The lowest BCUT2D eigenvalue weighted by Crippen LogP contribution is -2.54. The number of primary amides is 1. The van der Waals surface area contributed by atoms with Gasteiger partial charge in [0, 0.05) is 5.56 Å². The van der Waals surface area contributed by atoms with Crippen LogP contribution in [0.25, 0.3) is 0 Å². The van der Waals surface area contributed by atoms with E-state index in [4.69, 9.17) is 10.3 Å². The predicted octanol–water partition coefficient (Wildman–Crippen LogP) is -0.495. The maximum Gasteiger partial charge on any atom is 0.314 e. The van der Waals surface area contributed by atoms with Gasteiger partial charge in [0.15, 0.2) is 0 Å². The van der Waals surface area contributed by atoms with E-state index in [1.54, 1.807) is 11.4 Å². The Kier molecular flexibility index (Phi) is 3.49. The highest BCUT2D eigenvalue weighted by Gasteiger charge is 2.47. The topological polar surface area (TPSA) is 127 Å². The van der Waals surface area contributed by atoms with Crippen molar-refractivity contribution in [1.82, 2.24) is 5.32 Å². The first kappa shape index (κ1) is 13.1. The van der Waals surface area contributed by atoms with Crippen molar-refractivity contribution in [3.8, 4) is 0 Å². The molecule has 0 heterocycles. The Hall–Kier alpha value is -1.93. The molecule has 0 bridgehead atoms. The smallest absolute Gasteiger partial charge is 0.314 e. The Morgan fingerprint density at radius 2 is 1.88 bits per heavy atom. The second-order valence-corrected chi connectivity index (χ2v) is 4.68. The molecule has 2 amide bonds. The van der Waals surface area contributed by atoms with Gasteiger partial charge >= 0.3 is 16.1 Å². The van der Waals surface area contributed by atoms with Gasteiger partial charge < -0.3 is 11.1 Å². The molecule has 1 rings (SSSR count). The van der Waals surface area contributed by atoms with Crippen molar-refractivity contribution in [3.63, 3.8) is 0 Å². The van der Waals surface area contributed by atoms with E-state index in [2.05, 4.69) is 0 Å². The molecular formula is C9H9N2O5S. The minimum absolute atomic E-state index is 0.170. The molecule has 8 heteroatoms. The van der Waals surface area contributed by atoms with Crippen molar-refractivity contribution in [2.45, 2.75) is 4.87 Å². The van der Waals surface area contributed by atoms with Crippen molar-refractivity contribution in [1.29, 1.82) is 0 Å². The van der Waals surface area contributed by atoms with E-state index in [1.165, 1.54) is 24.3 Å². The number of carbonyl (C=O) groups excluding carboxylic acids is 2. The van der Waals surface area contributed by atoms with Gasteiger partial charge in [0.2, 0.25) is 0 Å². The molecule has 17 heavy (non-hydrogen) atoms. The number of rotatable bonds is 4. The zero-order valence-electron chi connectivity index (χ0n) is 8.45. The number of benzene rings is 1. The molecule has 1 radical (unpaired) electrons. The van der Waals surface area contributed by atoms with Crippen LogP contribution in [0.4, 0.5) is 4.79 Å². The molecule has 1 unspecified atom stereocenters. The summed E-state index contributed by atoms with van der Waals surface area (Å²) in [5.41, 5.74) is 4.61. The van der Waals surface area contributed by atoms with Crippen molar-refractivity contribution in [3.05, 3.63) is 35.9 Å². The first-order valence-corrected chi connectivity index (χ1v) is 5.77. The minimum atomic E-state index is -4.96. The lowest BCUT2D eigenvalue weighted by atomic mass is 10.1. The largest absolute Gasteiger partial charge is 0.352 e. The van der Waals surface area contributed by atoms with Crippen LogP contribution in [0.2, 0.25) is 0 Å². The maximum absolute atomic E-state index is 11.2. The molecule has 0 saturated heterocycles. The number of nitrogens with two attached hydrogens (primary N) is 1. The Balaban J connectivity index is 3.48. The van der Waals surface area contributed by atoms with E-state index in [0.717, 1.165) is 6.29 Å². The van der Waals surface area contributed by atoms with Crippen LogP contribution in [0.1, 0.15) is 5.56 Å². The molecule has 7 nitrogen and oxygen atoms in total. The second-order valence-electron chi connectivity index (χ2n) is 3.11. The molecule has 0 saturated carbocycles. The van der Waals surface area contributed by atoms with E-state index in [9.17, 15) is 18.0 Å². The molecule has 1 atom stereocenters. The van der Waals surface area contributed by atoms with Crippen molar-refractivity contribution >= 4 is 22.4 Å². The van der Waals surface area contributed by atoms with Crippen molar-refractivity contribution in [2.24, 2.45) is 5.73 Å². The fraction of sp³-hybridized carbons (Fsp3) is 0.111. The molecule has 1 aromatic carbocycles. The molecule has 0 aliphatic rings. The third kappa shape index (κ3) is 2.43. The molecule has 91 valence electrons. The molecule has 0 aromatic heterocycles. The molecule has 0 spiro atoms. The summed E-state index contributed by atoms with van der Waals surface area (Å²) < 4.78 is 31.6. The van der Waals surface area contributed by atoms with Crippen LogP contribution < -0.4 is 11.1 Å². The fourth-order valence-corrected chi connectivity index (χ4v) is 2.04. The number of nitrogens with one attached hydrogen (secondary N) is 1. The first-order chi connectivity index (χ1) is 7.83.